The highest BCUT2D eigenvalue weighted by Gasteiger charge is 2.21. The number of aryl methyl sites for hydroxylation is 1. The van der Waals surface area contributed by atoms with Gasteiger partial charge in [0.25, 0.3) is 0 Å². The van der Waals surface area contributed by atoms with Gasteiger partial charge in [0.05, 0.1) is 12.6 Å². The maximum Gasteiger partial charge on any atom is 0.237 e. The van der Waals surface area contributed by atoms with Crippen molar-refractivity contribution in [2.45, 2.75) is 25.4 Å². The number of carbonyl (C=O) groups excluding carboxylic acids is 1. The van der Waals surface area contributed by atoms with Gasteiger partial charge in [0.2, 0.25) is 5.91 Å². The minimum Gasteiger partial charge on any atom is -0.355 e. The minimum absolute atomic E-state index is 0.0598. The van der Waals surface area contributed by atoms with Crippen molar-refractivity contribution < 1.29 is 4.79 Å². The van der Waals surface area contributed by atoms with Crippen LogP contribution in [0.15, 0.2) is 12.4 Å². The van der Waals surface area contributed by atoms with E-state index >= 15 is 0 Å². The number of hydrogen-bond donors (Lipinski definition) is 2. The molecule has 0 saturated carbocycles. The molecule has 2 N–H and O–H groups in total. The molecule has 1 aromatic heterocycles. The summed E-state index contributed by atoms with van der Waals surface area (Å²) in [5.41, 5.74) is 0. The second-order valence-corrected chi connectivity index (χ2v) is 3.82. The minimum atomic E-state index is -0.0598. The van der Waals surface area contributed by atoms with E-state index in [4.69, 9.17) is 0 Å². The SMILES string of the molecule is Cn1ccnc1CNC1CCCNC1=O. The molecule has 5 nitrogen and oxygen atoms in total. The lowest BCUT2D eigenvalue weighted by Gasteiger charge is -2.22. The lowest BCUT2D eigenvalue weighted by atomic mass is 10.1. The summed E-state index contributed by atoms with van der Waals surface area (Å²) in [7, 11) is 1.95. The third-order valence-electron chi connectivity index (χ3n) is 2.71. The fourth-order valence-electron chi connectivity index (χ4n) is 1.75. The number of nitrogens with one attached hydrogen (secondary N) is 2. The molecule has 2 rings (SSSR count). The fourth-order valence-corrected chi connectivity index (χ4v) is 1.75. The molecule has 1 saturated heterocycles. The normalized spacial score (nSPS) is 21.4. The first-order valence-electron chi connectivity index (χ1n) is 5.24. The van der Waals surface area contributed by atoms with E-state index in [0.29, 0.717) is 6.54 Å². The van der Waals surface area contributed by atoms with Gasteiger partial charge in [0, 0.05) is 26.0 Å². The summed E-state index contributed by atoms with van der Waals surface area (Å²) in [4.78, 5) is 15.6. The number of imidazole rings is 1. The fraction of sp³-hybridized carbons (Fsp3) is 0.600. The van der Waals surface area contributed by atoms with E-state index in [1.54, 1.807) is 6.20 Å². The standard InChI is InChI=1S/C10H16N4O/c1-14-6-5-11-9(14)7-13-8-3-2-4-12-10(8)15/h5-6,8,13H,2-4,7H2,1H3,(H,12,15). The van der Waals surface area contributed by atoms with Crippen molar-refractivity contribution in [3.63, 3.8) is 0 Å². The van der Waals surface area contributed by atoms with Crippen molar-refractivity contribution in [1.82, 2.24) is 20.2 Å². The molecule has 5 heteroatoms. The van der Waals surface area contributed by atoms with Gasteiger partial charge in [-0.15, -0.1) is 0 Å². The summed E-state index contributed by atoms with van der Waals surface area (Å²) in [6.07, 6.45) is 5.62. The van der Waals surface area contributed by atoms with Crippen LogP contribution in [0.3, 0.4) is 0 Å². The van der Waals surface area contributed by atoms with Gasteiger partial charge >= 0.3 is 0 Å². The van der Waals surface area contributed by atoms with Gasteiger partial charge in [-0.05, 0) is 12.8 Å². The van der Waals surface area contributed by atoms with E-state index in [0.717, 1.165) is 25.2 Å². The van der Waals surface area contributed by atoms with Crippen molar-refractivity contribution in [2.75, 3.05) is 6.54 Å². The Morgan fingerprint density at radius 1 is 1.73 bits per heavy atom. The quantitative estimate of drug-likeness (QED) is 0.722. The molecule has 0 radical (unpaired) electrons. The third kappa shape index (κ3) is 2.36. The molecule has 2 heterocycles. The predicted octanol–water partition coefficient (Wildman–Crippen LogP) is -0.212. The molecule has 1 atom stereocenters. The van der Waals surface area contributed by atoms with E-state index in [9.17, 15) is 4.79 Å². The Labute approximate surface area is 88.9 Å². The zero-order chi connectivity index (χ0) is 10.7. The van der Waals surface area contributed by atoms with Crippen LogP contribution in [0.1, 0.15) is 18.7 Å². The van der Waals surface area contributed by atoms with Crippen molar-refractivity contribution in [2.24, 2.45) is 7.05 Å². The number of rotatable bonds is 3. The zero-order valence-corrected chi connectivity index (χ0v) is 8.86. The summed E-state index contributed by atoms with van der Waals surface area (Å²) in [6, 6.07) is -0.0598. The molecular formula is C10H16N4O. The van der Waals surface area contributed by atoms with Gasteiger partial charge in [-0.2, -0.15) is 0 Å². The highest BCUT2D eigenvalue weighted by atomic mass is 16.2. The molecule has 0 aliphatic carbocycles. The smallest absolute Gasteiger partial charge is 0.237 e. The first-order valence-corrected chi connectivity index (χ1v) is 5.24. The largest absolute Gasteiger partial charge is 0.355 e. The third-order valence-corrected chi connectivity index (χ3v) is 2.71. The van der Waals surface area contributed by atoms with Gasteiger partial charge in [-0.3, -0.25) is 10.1 Å². The number of aromatic nitrogens is 2. The first-order chi connectivity index (χ1) is 7.27. The van der Waals surface area contributed by atoms with Crippen LogP contribution in [0.25, 0.3) is 0 Å². The molecule has 0 bridgehead atoms. The van der Waals surface area contributed by atoms with Crippen LogP contribution in [0.5, 0.6) is 0 Å². The Balaban J connectivity index is 1.87. The maximum atomic E-state index is 11.4. The predicted molar refractivity (Wildman–Crippen MR) is 56.1 cm³/mol. The molecule has 1 amide bonds. The molecule has 0 spiro atoms. The van der Waals surface area contributed by atoms with Gasteiger partial charge < -0.3 is 9.88 Å². The van der Waals surface area contributed by atoms with Crippen LogP contribution < -0.4 is 10.6 Å². The molecule has 15 heavy (non-hydrogen) atoms. The van der Waals surface area contributed by atoms with Crippen LogP contribution in [0.4, 0.5) is 0 Å². The summed E-state index contributed by atoms with van der Waals surface area (Å²) in [6.45, 7) is 1.45. The van der Waals surface area contributed by atoms with Crippen molar-refractivity contribution in [3.05, 3.63) is 18.2 Å². The molecule has 82 valence electrons. The highest BCUT2D eigenvalue weighted by molar-refractivity contribution is 5.82. The second-order valence-electron chi connectivity index (χ2n) is 3.82. The average molecular weight is 208 g/mol. The highest BCUT2D eigenvalue weighted by Crippen LogP contribution is 2.04. The van der Waals surface area contributed by atoms with E-state index in [1.165, 1.54) is 0 Å². The van der Waals surface area contributed by atoms with Crippen LogP contribution >= 0.6 is 0 Å². The van der Waals surface area contributed by atoms with E-state index < -0.39 is 0 Å². The monoisotopic (exact) mass is 208 g/mol. The Bertz CT molecular complexity index is 347. The summed E-state index contributed by atoms with van der Waals surface area (Å²) in [5.74, 6) is 1.06. The van der Waals surface area contributed by atoms with Crippen LogP contribution in [0.2, 0.25) is 0 Å². The topological polar surface area (TPSA) is 59.0 Å². The molecule has 1 fully saturated rings. The van der Waals surface area contributed by atoms with Gasteiger partial charge in [-0.1, -0.05) is 0 Å². The molecule has 1 unspecified atom stereocenters. The molecule has 1 aliphatic rings. The average Bonchev–Trinajstić information content (AvgIpc) is 2.63. The van der Waals surface area contributed by atoms with Crippen molar-refractivity contribution in [3.8, 4) is 0 Å². The van der Waals surface area contributed by atoms with Crippen molar-refractivity contribution in [1.29, 1.82) is 0 Å². The van der Waals surface area contributed by atoms with Crippen LogP contribution in [-0.4, -0.2) is 28.0 Å². The lowest BCUT2D eigenvalue weighted by molar-refractivity contribution is -0.124. The van der Waals surface area contributed by atoms with E-state index in [1.807, 2.05) is 17.8 Å². The van der Waals surface area contributed by atoms with Crippen molar-refractivity contribution >= 4 is 5.91 Å². The number of piperidine rings is 1. The van der Waals surface area contributed by atoms with Crippen LogP contribution in [-0.2, 0) is 18.4 Å². The Morgan fingerprint density at radius 2 is 2.60 bits per heavy atom. The Kier molecular flexibility index (Phi) is 3.01. The first kappa shape index (κ1) is 10.2. The Hall–Kier alpha value is -1.36. The number of nitrogens with zero attached hydrogens (tertiary/aromatic N) is 2. The molecule has 1 aromatic rings. The van der Waals surface area contributed by atoms with Crippen LogP contribution in [0, 0.1) is 0 Å². The second kappa shape index (κ2) is 4.44. The van der Waals surface area contributed by atoms with Gasteiger partial charge in [0.1, 0.15) is 5.82 Å². The zero-order valence-electron chi connectivity index (χ0n) is 8.86. The number of amides is 1. The molecule has 1 aliphatic heterocycles. The number of carbonyl (C=O) groups is 1. The molecular weight excluding hydrogens is 192 g/mol. The van der Waals surface area contributed by atoms with Gasteiger partial charge in [-0.25, -0.2) is 4.98 Å². The Morgan fingerprint density at radius 3 is 3.27 bits per heavy atom. The summed E-state index contributed by atoms with van der Waals surface area (Å²) < 4.78 is 1.95. The van der Waals surface area contributed by atoms with E-state index in [-0.39, 0.29) is 11.9 Å². The van der Waals surface area contributed by atoms with E-state index in [2.05, 4.69) is 15.6 Å². The summed E-state index contributed by atoms with van der Waals surface area (Å²) in [5, 5.41) is 6.07. The maximum absolute atomic E-state index is 11.4. The lowest BCUT2D eigenvalue weighted by Crippen LogP contribution is -2.48. The number of hydrogen-bond acceptors (Lipinski definition) is 3. The van der Waals surface area contributed by atoms with Gasteiger partial charge in [0.15, 0.2) is 0 Å². The molecule has 0 aromatic carbocycles. The summed E-state index contributed by atoms with van der Waals surface area (Å²) >= 11 is 0.